The standard InChI is InChI=1S/C23H33N5O6/c1-12(13-7-8-16-15(9-13)20(34-6)26-27(16)5)24-19(30)17-10-14(29)11-28(17)21(31)18(23(2,3)4)25-22(32)33/h7-9,12,14,17-18,25,29H,10-11H2,1-6H3,(H,24,30)(H,32,33)/t12-,14+,17-,18+/m0/s1. The summed E-state index contributed by atoms with van der Waals surface area (Å²) in [5, 5.41) is 29.7. The first-order chi connectivity index (χ1) is 15.8. The van der Waals surface area contributed by atoms with Crippen molar-refractivity contribution in [2.45, 2.75) is 58.3 Å². The zero-order valence-electron chi connectivity index (χ0n) is 20.3. The molecule has 34 heavy (non-hydrogen) atoms. The molecule has 0 bridgehead atoms. The van der Waals surface area contributed by atoms with Gasteiger partial charge < -0.3 is 30.5 Å². The smallest absolute Gasteiger partial charge is 0.405 e. The summed E-state index contributed by atoms with van der Waals surface area (Å²) < 4.78 is 7.05. The fraction of sp³-hybridized carbons (Fsp3) is 0.565. The summed E-state index contributed by atoms with van der Waals surface area (Å²) >= 11 is 0. The highest BCUT2D eigenvalue weighted by Crippen LogP contribution is 2.29. The molecule has 0 saturated carbocycles. The number of aliphatic hydroxyl groups excluding tert-OH is 1. The first-order valence-corrected chi connectivity index (χ1v) is 11.1. The number of carboxylic acid groups (broad SMARTS) is 1. The Labute approximate surface area is 198 Å². The molecule has 0 radical (unpaired) electrons. The maximum Gasteiger partial charge on any atom is 0.405 e. The third-order valence-electron chi connectivity index (χ3n) is 6.14. The first-order valence-electron chi connectivity index (χ1n) is 11.1. The molecule has 3 amide bonds. The Morgan fingerprint density at radius 1 is 1.24 bits per heavy atom. The van der Waals surface area contributed by atoms with Gasteiger partial charge in [0.05, 0.1) is 30.2 Å². The van der Waals surface area contributed by atoms with E-state index in [1.54, 1.807) is 32.6 Å². The molecule has 0 unspecified atom stereocenters. The van der Waals surface area contributed by atoms with Crippen LogP contribution in [0.3, 0.4) is 0 Å². The van der Waals surface area contributed by atoms with Crippen LogP contribution in [0.2, 0.25) is 0 Å². The van der Waals surface area contributed by atoms with Crippen LogP contribution < -0.4 is 15.4 Å². The Hall–Kier alpha value is -3.34. The lowest BCUT2D eigenvalue weighted by atomic mass is 9.85. The predicted molar refractivity (Wildman–Crippen MR) is 124 cm³/mol. The number of rotatable bonds is 6. The van der Waals surface area contributed by atoms with Crippen LogP contribution in [0.25, 0.3) is 10.9 Å². The van der Waals surface area contributed by atoms with E-state index < -0.39 is 47.6 Å². The van der Waals surface area contributed by atoms with E-state index in [2.05, 4.69) is 15.7 Å². The number of hydrogen-bond acceptors (Lipinski definition) is 6. The zero-order chi connectivity index (χ0) is 25.4. The number of β-amino-alcohol motifs (C(OH)–C–C–N with tert-alkyl or cyclic N) is 1. The zero-order valence-corrected chi connectivity index (χ0v) is 20.3. The van der Waals surface area contributed by atoms with Crippen LogP contribution >= 0.6 is 0 Å². The molecule has 3 rings (SSSR count). The minimum atomic E-state index is -1.33. The normalized spacial score (nSPS) is 20.1. The fourth-order valence-electron chi connectivity index (χ4n) is 4.31. The summed E-state index contributed by atoms with van der Waals surface area (Å²) in [6.45, 7) is 6.98. The topological polar surface area (TPSA) is 146 Å². The molecule has 0 spiro atoms. The molecule has 1 aliphatic heterocycles. The molecular weight excluding hydrogens is 442 g/mol. The second kappa shape index (κ2) is 9.49. The van der Waals surface area contributed by atoms with Gasteiger partial charge in [-0.3, -0.25) is 14.3 Å². The van der Waals surface area contributed by atoms with E-state index >= 15 is 0 Å². The van der Waals surface area contributed by atoms with Crippen molar-refractivity contribution in [2.24, 2.45) is 12.5 Å². The van der Waals surface area contributed by atoms with Crippen molar-refractivity contribution >= 4 is 28.8 Å². The highest BCUT2D eigenvalue weighted by Gasteiger charge is 2.44. The summed E-state index contributed by atoms with van der Waals surface area (Å²) in [4.78, 5) is 39.0. The maximum absolute atomic E-state index is 13.2. The van der Waals surface area contributed by atoms with Crippen molar-refractivity contribution in [3.05, 3.63) is 23.8 Å². The Morgan fingerprint density at radius 3 is 2.50 bits per heavy atom. The molecule has 11 nitrogen and oxygen atoms in total. The van der Waals surface area contributed by atoms with E-state index in [0.717, 1.165) is 16.5 Å². The number of ether oxygens (including phenoxy) is 1. The van der Waals surface area contributed by atoms with E-state index in [0.29, 0.717) is 5.88 Å². The average molecular weight is 476 g/mol. The summed E-state index contributed by atoms with van der Waals surface area (Å²) in [7, 11) is 3.36. The van der Waals surface area contributed by atoms with Crippen LogP contribution in [0, 0.1) is 5.41 Å². The maximum atomic E-state index is 13.2. The van der Waals surface area contributed by atoms with Crippen LogP contribution in [-0.4, -0.2) is 74.6 Å². The van der Waals surface area contributed by atoms with E-state index in [1.807, 2.05) is 32.2 Å². The van der Waals surface area contributed by atoms with Gasteiger partial charge in [-0.15, -0.1) is 5.10 Å². The van der Waals surface area contributed by atoms with Gasteiger partial charge in [0.1, 0.15) is 12.1 Å². The number of benzene rings is 1. The van der Waals surface area contributed by atoms with E-state index in [-0.39, 0.29) is 13.0 Å². The number of amides is 3. The number of aromatic nitrogens is 2. The molecule has 1 aliphatic rings. The molecule has 1 saturated heterocycles. The number of aliphatic hydroxyl groups is 1. The second-order valence-electron chi connectivity index (χ2n) is 9.78. The second-order valence-corrected chi connectivity index (χ2v) is 9.78. The molecular formula is C23H33N5O6. The Bertz CT molecular complexity index is 1090. The molecule has 2 heterocycles. The van der Waals surface area contributed by atoms with Gasteiger partial charge >= 0.3 is 6.09 Å². The number of fused-ring (bicyclic) bond motifs is 1. The minimum absolute atomic E-state index is 0.0436. The number of nitrogens with zero attached hydrogens (tertiary/aromatic N) is 3. The minimum Gasteiger partial charge on any atom is -0.479 e. The van der Waals surface area contributed by atoms with Gasteiger partial charge in [0.2, 0.25) is 17.7 Å². The van der Waals surface area contributed by atoms with Crippen molar-refractivity contribution in [1.29, 1.82) is 0 Å². The predicted octanol–water partition coefficient (Wildman–Crippen LogP) is 1.40. The van der Waals surface area contributed by atoms with Crippen molar-refractivity contribution in [1.82, 2.24) is 25.3 Å². The fourth-order valence-corrected chi connectivity index (χ4v) is 4.31. The lowest BCUT2D eigenvalue weighted by molar-refractivity contribution is -0.142. The number of nitrogens with one attached hydrogen (secondary N) is 2. The third-order valence-corrected chi connectivity index (χ3v) is 6.14. The lowest BCUT2D eigenvalue weighted by Gasteiger charge is -2.34. The van der Waals surface area contributed by atoms with Gasteiger partial charge in [-0.05, 0) is 30.0 Å². The van der Waals surface area contributed by atoms with Crippen molar-refractivity contribution in [3.8, 4) is 5.88 Å². The number of hydrogen-bond donors (Lipinski definition) is 4. The molecule has 1 fully saturated rings. The molecule has 1 aromatic carbocycles. The van der Waals surface area contributed by atoms with Crippen molar-refractivity contribution < 1.29 is 29.3 Å². The van der Waals surface area contributed by atoms with E-state index in [1.165, 1.54) is 4.90 Å². The van der Waals surface area contributed by atoms with Crippen LogP contribution in [0.4, 0.5) is 4.79 Å². The van der Waals surface area contributed by atoms with Gasteiger partial charge in [-0.25, -0.2) is 4.79 Å². The van der Waals surface area contributed by atoms with E-state index in [4.69, 9.17) is 4.74 Å². The largest absolute Gasteiger partial charge is 0.479 e. The summed E-state index contributed by atoms with van der Waals surface area (Å²) in [6.07, 6.45) is -2.13. The highest BCUT2D eigenvalue weighted by atomic mass is 16.5. The quantitative estimate of drug-likeness (QED) is 0.494. The Balaban J connectivity index is 1.80. The van der Waals surface area contributed by atoms with Crippen LogP contribution in [-0.2, 0) is 16.6 Å². The molecule has 186 valence electrons. The van der Waals surface area contributed by atoms with Gasteiger partial charge in [-0.1, -0.05) is 26.8 Å². The Morgan fingerprint density at radius 2 is 1.91 bits per heavy atom. The average Bonchev–Trinajstić information content (AvgIpc) is 3.30. The Kier molecular flexibility index (Phi) is 7.06. The number of aryl methyl sites for hydroxylation is 1. The highest BCUT2D eigenvalue weighted by molar-refractivity contribution is 5.92. The van der Waals surface area contributed by atoms with Crippen LogP contribution in [0.1, 0.15) is 45.7 Å². The lowest BCUT2D eigenvalue weighted by Crippen LogP contribution is -2.57. The van der Waals surface area contributed by atoms with Crippen molar-refractivity contribution in [2.75, 3.05) is 13.7 Å². The third kappa shape index (κ3) is 5.09. The van der Waals surface area contributed by atoms with Gasteiger partial charge in [-0.2, -0.15) is 0 Å². The van der Waals surface area contributed by atoms with Gasteiger partial charge in [0.25, 0.3) is 0 Å². The molecule has 1 aromatic heterocycles. The first kappa shape index (κ1) is 25.3. The van der Waals surface area contributed by atoms with Crippen LogP contribution in [0.5, 0.6) is 5.88 Å². The number of methoxy groups -OCH3 is 1. The molecule has 0 aliphatic carbocycles. The van der Waals surface area contributed by atoms with E-state index in [9.17, 15) is 24.6 Å². The molecule has 11 heteroatoms. The SMILES string of the molecule is COc1nn(C)c2ccc([C@H](C)NC(=O)[C@@H]3C[C@@H](O)CN3C(=O)[C@@H](NC(=O)O)C(C)(C)C)cc12. The summed E-state index contributed by atoms with van der Waals surface area (Å²) in [5.74, 6) is -0.480. The number of likely N-dealkylation sites (tertiary alicyclic amines) is 1. The number of carbonyl (C=O) groups excluding carboxylic acids is 2. The van der Waals surface area contributed by atoms with Crippen LogP contribution in [0.15, 0.2) is 18.2 Å². The molecule has 2 aromatic rings. The molecule has 4 N–H and O–H groups in total. The van der Waals surface area contributed by atoms with Gasteiger partial charge in [0.15, 0.2) is 0 Å². The summed E-state index contributed by atoms with van der Waals surface area (Å²) in [5.41, 5.74) is 0.979. The molecule has 4 atom stereocenters. The summed E-state index contributed by atoms with van der Waals surface area (Å²) in [6, 6.07) is 3.29. The van der Waals surface area contributed by atoms with Gasteiger partial charge in [0, 0.05) is 20.0 Å². The monoisotopic (exact) mass is 475 g/mol. The van der Waals surface area contributed by atoms with Crippen molar-refractivity contribution in [3.63, 3.8) is 0 Å². The number of carbonyl (C=O) groups is 3.